The zero-order chi connectivity index (χ0) is 22.0. The number of nitrogen functional groups attached to an aromatic ring is 1. The van der Waals surface area contributed by atoms with Gasteiger partial charge in [0.2, 0.25) is 5.89 Å². The van der Waals surface area contributed by atoms with Crippen LogP contribution in [-0.2, 0) is 6.61 Å². The quantitative estimate of drug-likeness (QED) is 0.413. The normalized spacial score (nSPS) is 15.7. The highest BCUT2D eigenvalue weighted by atomic mass is 16.5. The molecule has 0 amide bonds. The lowest BCUT2D eigenvalue weighted by Gasteiger charge is -2.46. The van der Waals surface area contributed by atoms with Crippen molar-refractivity contribution in [3.63, 3.8) is 0 Å². The van der Waals surface area contributed by atoms with Gasteiger partial charge in [0, 0.05) is 17.7 Å². The van der Waals surface area contributed by atoms with Crippen LogP contribution < -0.4 is 10.5 Å². The van der Waals surface area contributed by atoms with Gasteiger partial charge < -0.3 is 14.9 Å². The first kappa shape index (κ1) is 20.2. The minimum Gasteiger partial charge on any atom is -0.487 e. The summed E-state index contributed by atoms with van der Waals surface area (Å²) in [6.45, 7) is 2.85. The number of ether oxygens (including phenoxy) is 1. The third-order valence-electron chi connectivity index (χ3n) is 6.45. The molecule has 0 spiro atoms. The lowest BCUT2D eigenvalue weighted by molar-refractivity contribution is 0.135. The topological polar surface area (TPSA) is 87.1 Å². The van der Waals surface area contributed by atoms with Crippen LogP contribution >= 0.6 is 0 Å². The second-order valence-electron chi connectivity index (χ2n) is 8.69. The van der Waals surface area contributed by atoms with Crippen LogP contribution in [0.4, 0.5) is 6.01 Å². The molecule has 1 aliphatic carbocycles. The van der Waals surface area contributed by atoms with Crippen LogP contribution in [0.25, 0.3) is 11.5 Å². The van der Waals surface area contributed by atoms with Gasteiger partial charge in [0.25, 0.3) is 0 Å². The van der Waals surface area contributed by atoms with Crippen molar-refractivity contribution in [3.05, 3.63) is 89.7 Å². The standard InChI is InChI=1S/C26H26N4O2/c1-26(14-4-15-26)23(18-6-8-20(9-7-18)24-29-30-25(27)32-24)19-10-12-22(13-11-19)31-17-21-5-2-3-16-28-21/h2-3,5-13,16,23H,4,14-15,17H2,1H3,(H2,27,30). The van der Waals surface area contributed by atoms with Gasteiger partial charge in [-0.2, -0.15) is 0 Å². The SMILES string of the molecule is CC1(C(c2ccc(OCc3ccccn3)cc2)c2ccc(-c3nnc(N)o3)cc2)CCC1. The molecule has 0 aliphatic heterocycles. The number of pyridine rings is 1. The predicted octanol–water partition coefficient (Wildman–Crippen LogP) is 5.61. The number of anilines is 1. The molecular formula is C26H26N4O2. The van der Waals surface area contributed by atoms with Gasteiger partial charge >= 0.3 is 6.01 Å². The van der Waals surface area contributed by atoms with Crippen LogP contribution in [0.1, 0.15) is 48.9 Å². The van der Waals surface area contributed by atoms with E-state index in [4.69, 9.17) is 14.9 Å². The number of benzene rings is 2. The van der Waals surface area contributed by atoms with Crippen LogP contribution in [0, 0.1) is 5.41 Å². The highest BCUT2D eigenvalue weighted by molar-refractivity contribution is 5.55. The molecule has 6 heteroatoms. The van der Waals surface area contributed by atoms with Crippen LogP contribution in [-0.4, -0.2) is 15.2 Å². The Hall–Kier alpha value is -3.67. The Balaban J connectivity index is 1.37. The minimum absolute atomic E-state index is 0.0780. The van der Waals surface area contributed by atoms with Gasteiger partial charge in [-0.3, -0.25) is 4.98 Å². The van der Waals surface area contributed by atoms with Gasteiger partial charge in [-0.25, -0.2) is 0 Å². The van der Waals surface area contributed by atoms with E-state index in [-0.39, 0.29) is 11.4 Å². The summed E-state index contributed by atoms with van der Waals surface area (Å²) in [5.41, 5.74) is 10.2. The summed E-state index contributed by atoms with van der Waals surface area (Å²) < 4.78 is 11.3. The molecule has 6 nitrogen and oxygen atoms in total. The van der Waals surface area contributed by atoms with Crippen LogP contribution in [0.15, 0.2) is 77.3 Å². The van der Waals surface area contributed by atoms with Crippen molar-refractivity contribution in [3.8, 4) is 17.2 Å². The van der Waals surface area contributed by atoms with Gasteiger partial charge in [-0.1, -0.05) is 48.8 Å². The smallest absolute Gasteiger partial charge is 0.313 e. The van der Waals surface area contributed by atoms with E-state index in [9.17, 15) is 0 Å². The molecule has 0 radical (unpaired) electrons. The molecule has 162 valence electrons. The van der Waals surface area contributed by atoms with Crippen molar-refractivity contribution >= 4 is 6.01 Å². The summed E-state index contributed by atoms with van der Waals surface area (Å²) in [5, 5.41) is 7.73. The van der Waals surface area contributed by atoms with Crippen LogP contribution in [0.3, 0.4) is 0 Å². The Morgan fingerprint density at radius 2 is 1.69 bits per heavy atom. The molecule has 1 aliphatic rings. The van der Waals surface area contributed by atoms with E-state index >= 15 is 0 Å². The van der Waals surface area contributed by atoms with Crippen molar-refractivity contribution in [1.82, 2.24) is 15.2 Å². The van der Waals surface area contributed by atoms with Crippen molar-refractivity contribution in [2.75, 3.05) is 5.73 Å². The third kappa shape index (κ3) is 4.08. The number of aromatic nitrogens is 3. The van der Waals surface area contributed by atoms with Gasteiger partial charge in [0.05, 0.1) is 5.69 Å². The first-order chi connectivity index (χ1) is 15.6. The largest absolute Gasteiger partial charge is 0.487 e. The van der Waals surface area contributed by atoms with E-state index in [1.54, 1.807) is 6.20 Å². The first-order valence-corrected chi connectivity index (χ1v) is 10.9. The Kier molecular flexibility index (Phi) is 5.35. The molecule has 0 bridgehead atoms. The number of nitrogens with two attached hydrogens (primary N) is 1. The summed E-state index contributed by atoms with van der Waals surface area (Å²) >= 11 is 0. The molecule has 2 N–H and O–H groups in total. The Bertz CT molecular complexity index is 1170. The van der Waals surface area contributed by atoms with E-state index < -0.39 is 0 Å². The average molecular weight is 427 g/mol. The monoisotopic (exact) mass is 426 g/mol. The molecular weight excluding hydrogens is 400 g/mol. The predicted molar refractivity (Wildman–Crippen MR) is 123 cm³/mol. The van der Waals surface area contributed by atoms with Gasteiger partial charge in [0.1, 0.15) is 12.4 Å². The molecule has 5 rings (SSSR count). The fourth-order valence-corrected chi connectivity index (χ4v) is 4.59. The van der Waals surface area contributed by atoms with Crippen molar-refractivity contribution < 1.29 is 9.15 Å². The van der Waals surface area contributed by atoms with Crippen molar-refractivity contribution in [1.29, 1.82) is 0 Å². The highest BCUT2D eigenvalue weighted by Crippen LogP contribution is 2.54. The molecule has 2 heterocycles. The van der Waals surface area contributed by atoms with Crippen LogP contribution in [0.2, 0.25) is 0 Å². The molecule has 2 aromatic heterocycles. The Labute approximate surface area is 187 Å². The number of rotatable bonds is 7. The third-order valence-corrected chi connectivity index (χ3v) is 6.45. The van der Waals surface area contributed by atoms with Crippen LogP contribution in [0.5, 0.6) is 5.75 Å². The van der Waals surface area contributed by atoms with Gasteiger partial charge in [0.15, 0.2) is 0 Å². The van der Waals surface area contributed by atoms with Crippen molar-refractivity contribution in [2.45, 2.75) is 38.7 Å². The second kappa shape index (κ2) is 8.46. The molecule has 1 unspecified atom stereocenters. The first-order valence-electron chi connectivity index (χ1n) is 10.9. The Morgan fingerprint density at radius 1 is 0.969 bits per heavy atom. The molecule has 1 atom stereocenters. The highest BCUT2D eigenvalue weighted by Gasteiger charge is 2.41. The summed E-state index contributed by atoms with van der Waals surface area (Å²) in [6, 6.07) is 22.8. The maximum absolute atomic E-state index is 5.93. The lowest BCUT2D eigenvalue weighted by Crippen LogP contribution is -2.33. The lowest BCUT2D eigenvalue weighted by atomic mass is 9.59. The summed E-state index contributed by atoms with van der Waals surface area (Å²) in [4.78, 5) is 4.31. The molecule has 0 saturated heterocycles. The zero-order valence-corrected chi connectivity index (χ0v) is 18.1. The summed E-state index contributed by atoms with van der Waals surface area (Å²) in [5.74, 6) is 1.60. The number of nitrogens with zero attached hydrogens (tertiary/aromatic N) is 3. The molecule has 4 aromatic rings. The van der Waals surface area contributed by atoms with Gasteiger partial charge in [-0.15, -0.1) is 5.10 Å². The van der Waals surface area contributed by atoms with E-state index in [0.29, 0.717) is 18.4 Å². The maximum atomic E-state index is 5.93. The molecule has 32 heavy (non-hydrogen) atoms. The second-order valence-corrected chi connectivity index (χ2v) is 8.69. The van der Waals surface area contributed by atoms with Crippen molar-refractivity contribution in [2.24, 2.45) is 5.41 Å². The maximum Gasteiger partial charge on any atom is 0.313 e. The fourth-order valence-electron chi connectivity index (χ4n) is 4.59. The minimum atomic E-state index is 0.0780. The summed E-state index contributed by atoms with van der Waals surface area (Å²) in [6.07, 6.45) is 5.50. The molecule has 2 aromatic carbocycles. The average Bonchev–Trinajstić information content (AvgIpc) is 3.25. The number of hydrogen-bond acceptors (Lipinski definition) is 6. The van der Waals surface area contributed by atoms with E-state index in [1.807, 2.05) is 30.3 Å². The van der Waals surface area contributed by atoms with E-state index in [2.05, 4.69) is 58.5 Å². The molecule has 1 fully saturated rings. The van der Waals surface area contributed by atoms with E-state index in [1.165, 1.54) is 30.4 Å². The zero-order valence-electron chi connectivity index (χ0n) is 18.1. The fraction of sp³-hybridized carbons (Fsp3) is 0.269. The number of hydrogen-bond donors (Lipinski definition) is 1. The Morgan fingerprint density at radius 3 is 2.25 bits per heavy atom. The van der Waals surface area contributed by atoms with Gasteiger partial charge in [-0.05, 0) is 65.8 Å². The summed E-state index contributed by atoms with van der Waals surface area (Å²) in [7, 11) is 0. The van der Waals surface area contributed by atoms with E-state index in [0.717, 1.165) is 17.0 Å². The molecule has 1 saturated carbocycles.